The van der Waals surface area contributed by atoms with Gasteiger partial charge in [-0.05, 0) is 36.0 Å². The fourth-order valence-electron chi connectivity index (χ4n) is 4.69. The highest BCUT2D eigenvalue weighted by molar-refractivity contribution is 5.83. The second-order valence-corrected chi connectivity index (χ2v) is 5.29. The van der Waals surface area contributed by atoms with E-state index in [4.69, 9.17) is 0 Å². The lowest BCUT2D eigenvalue weighted by Gasteiger charge is -2.80. The summed E-state index contributed by atoms with van der Waals surface area (Å²) in [6, 6.07) is 0. The van der Waals surface area contributed by atoms with Gasteiger partial charge in [0, 0.05) is 0 Å². The fraction of sp³-hybridized carbons (Fsp3) is 0.900. The molecular formula is C10H14O2. The standard InChI is InChI=1S/C10H14O2/c1-8-5-10(7(11)12)6(8)3-4-9(8,10)2/h6H,3-5H2,1-2H3,(H,11,12)/t6-,8-,9+,10+/m1/s1. The van der Waals surface area contributed by atoms with Crippen LogP contribution in [-0.2, 0) is 4.79 Å². The summed E-state index contributed by atoms with van der Waals surface area (Å²) in [6.45, 7) is 4.45. The van der Waals surface area contributed by atoms with E-state index in [0.717, 1.165) is 19.3 Å². The van der Waals surface area contributed by atoms with E-state index in [-0.39, 0.29) is 10.8 Å². The minimum Gasteiger partial charge on any atom is -0.481 e. The molecule has 0 radical (unpaired) electrons. The third-order valence-electron chi connectivity index (χ3n) is 5.57. The number of aliphatic carboxylic acids is 1. The van der Waals surface area contributed by atoms with Crippen molar-refractivity contribution in [1.29, 1.82) is 0 Å². The molecule has 5 saturated carbocycles. The molecule has 5 fully saturated rings. The van der Waals surface area contributed by atoms with Gasteiger partial charge in [-0.15, -0.1) is 0 Å². The maximum atomic E-state index is 11.1. The molecule has 5 rings (SSSR count). The summed E-state index contributed by atoms with van der Waals surface area (Å²) < 4.78 is 0. The Balaban J connectivity index is 2.12. The van der Waals surface area contributed by atoms with Crippen molar-refractivity contribution in [2.45, 2.75) is 33.1 Å². The fourth-order valence-corrected chi connectivity index (χ4v) is 4.69. The van der Waals surface area contributed by atoms with Crippen molar-refractivity contribution in [3.63, 3.8) is 0 Å². The lowest BCUT2D eigenvalue weighted by atomic mass is 9.22. The van der Waals surface area contributed by atoms with E-state index >= 15 is 0 Å². The van der Waals surface area contributed by atoms with Gasteiger partial charge < -0.3 is 5.11 Å². The Morgan fingerprint density at radius 2 is 2.17 bits per heavy atom. The molecule has 0 spiro atoms. The molecule has 4 bridgehead atoms. The predicted octanol–water partition coefficient (Wildman–Crippen LogP) is 1.90. The van der Waals surface area contributed by atoms with Crippen molar-refractivity contribution >= 4 is 5.97 Å². The van der Waals surface area contributed by atoms with Crippen LogP contribution in [0.2, 0.25) is 0 Å². The van der Waals surface area contributed by atoms with Crippen molar-refractivity contribution in [1.82, 2.24) is 0 Å². The van der Waals surface area contributed by atoms with Gasteiger partial charge in [0.05, 0.1) is 5.41 Å². The van der Waals surface area contributed by atoms with Gasteiger partial charge in [-0.2, -0.15) is 0 Å². The van der Waals surface area contributed by atoms with E-state index in [2.05, 4.69) is 13.8 Å². The average Bonchev–Trinajstić information content (AvgIpc) is 2.33. The van der Waals surface area contributed by atoms with Crippen LogP contribution in [0.1, 0.15) is 33.1 Å². The Bertz CT molecular complexity index is 298. The highest BCUT2D eigenvalue weighted by atomic mass is 16.4. The lowest BCUT2D eigenvalue weighted by Crippen LogP contribution is -2.80. The maximum Gasteiger partial charge on any atom is 0.310 e. The molecule has 0 heterocycles. The predicted molar refractivity (Wildman–Crippen MR) is 43.6 cm³/mol. The monoisotopic (exact) mass is 166 g/mol. The molecule has 66 valence electrons. The summed E-state index contributed by atoms with van der Waals surface area (Å²) in [5.74, 6) is -0.0243. The normalized spacial score (nSPS) is 65.3. The summed E-state index contributed by atoms with van der Waals surface area (Å²) in [5.41, 5.74) is 0.254. The first-order valence-corrected chi connectivity index (χ1v) is 4.72. The van der Waals surface area contributed by atoms with Crippen LogP contribution < -0.4 is 0 Å². The van der Waals surface area contributed by atoms with Gasteiger partial charge in [0.2, 0.25) is 0 Å². The van der Waals surface area contributed by atoms with E-state index in [9.17, 15) is 9.90 Å². The molecule has 12 heavy (non-hydrogen) atoms. The minimum atomic E-state index is -0.531. The zero-order valence-corrected chi connectivity index (χ0v) is 7.55. The van der Waals surface area contributed by atoms with Gasteiger partial charge in [0.15, 0.2) is 0 Å². The molecule has 0 aliphatic heterocycles. The van der Waals surface area contributed by atoms with E-state index in [1.165, 1.54) is 0 Å². The molecule has 5 aliphatic carbocycles. The molecule has 0 saturated heterocycles. The Labute approximate surface area is 72.0 Å². The summed E-state index contributed by atoms with van der Waals surface area (Å²) in [5, 5.41) is 9.19. The van der Waals surface area contributed by atoms with Gasteiger partial charge >= 0.3 is 5.97 Å². The van der Waals surface area contributed by atoms with Crippen LogP contribution >= 0.6 is 0 Å². The van der Waals surface area contributed by atoms with Crippen molar-refractivity contribution in [2.24, 2.45) is 22.2 Å². The van der Waals surface area contributed by atoms with Crippen LogP contribution in [0.3, 0.4) is 0 Å². The number of fused-ring (bicyclic) bond motifs is 1. The summed E-state index contributed by atoms with van der Waals surface area (Å²) in [7, 11) is 0. The van der Waals surface area contributed by atoms with Crippen LogP contribution in [-0.4, -0.2) is 11.1 Å². The molecule has 5 aliphatic rings. The quantitative estimate of drug-likeness (QED) is 0.646. The number of carbonyl (C=O) groups is 1. The second kappa shape index (κ2) is 1.34. The Morgan fingerprint density at radius 1 is 1.50 bits per heavy atom. The highest BCUT2D eigenvalue weighted by Crippen LogP contribution is 2.93. The van der Waals surface area contributed by atoms with Crippen molar-refractivity contribution < 1.29 is 9.90 Å². The molecule has 0 aromatic rings. The van der Waals surface area contributed by atoms with E-state index in [1.54, 1.807) is 0 Å². The maximum absolute atomic E-state index is 11.1. The summed E-state index contributed by atoms with van der Waals surface area (Å²) in [6.07, 6.45) is 3.23. The van der Waals surface area contributed by atoms with Gasteiger partial charge in [-0.3, -0.25) is 4.79 Å². The summed E-state index contributed by atoms with van der Waals surface area (Å²) >= 11 is 0. The van der Waals surface area contributed by atoms with Crippen molar-refractivity contribution in [2.75, 3.05) is 0 Å². The molecule has 1 N–H and O–H groups in total. The molecule has 0 aromatic heterocycles. The van der Waals surface area contributed by atoms with E-state index in [0.29, 0.717) is 11.3 Å². The molecule has 0 unspecified atom stereocenters. The largest absolute Gasteiger partial charge is 0.481 e. The van der Waals surface area contributed by atoms with Crippen molar-refractivity contribution in [3.05, 3.63) is 0 Å². The Morgan fingerprint density at radius 3 is 2.42 bits per heavy atom. The average molecular weight is 166 g/mol. The number of carboxylic acids is 1. The number of hydrogen-bond donors (Lipinski definition) is 1. The SMILES string of the molecule is C[C@]12CC[C@@H]3[C@@]1(C)C[C@@]32C(=O)O. The minimum absolute atomic E-state index is 0.149. The first kappa shape index (κ1) is 6.93. The molecular weight excluding hydrogens is 152 g/mol. The third kappa shape index (κ3) is 0.301. The molecule has 2 nitrogen and oxygen atoms in total. The van der Waals surface area contributed by atoms with Gasteiger partial charge in [-0.25, -0.2) is 0 Å². The smallest absolute Gasteiger partial charge is 0.310 e. The topological polar surface area (TPSA) is 37.3 Å². The van der Waals surface area contributed by atoms with E-state index < -0.39 is 5.97 Å². The first-order chi connectivity index (χ1) is 5.49. The van der Waals surface area contributed by atoms with Crippen molar-refractivity contribution in [3.8, 4) is 0 Å². The second-order valence-electron chi connectivity index (χ2n) is 5.29. The van der Waals surface area contributed by atoms with E-state index in [1.807, 2.05) is 0 Å². The zero-order chi connectivity index (χ0) is 8.78. The van der Waals surface area contributed by atoms with Crippen LogP contribution in [0.4, 0.5) is 0 Å². The Kier molecular flexibility index (Phi) is 0.774. The van der Waals surface area contributed by atoms with Crippen LogP contribution in [0.5, 0.6) is 0 Å². The van der Waals surface area contributed by atoms with Crippen LogP contribution in [0, 0.1) is 22.2 Å². The Hall–Kier alpha value is -0.530. The van der Waals surface area contributed by atoms with Crippen LogP contribution in [0.15, 0.2) is 0 Å². The molecule has 4 atom stereocenters. The molecule has 2 heteroatoms. The summed E-state index contributed by atoms with van der Waals surface area (Å²) in [4.78, 5) is 11.1. The van der Waals surface area contributed by atoms with Gasteiger partial charge in [0.25, 0.3) is 0 Å². The van der Waals surface area contributed by atoms with Crippen LogP contribution in [0.25, 0.3) is 0 Å². The third-order valence-corrected chi connectivity index (χ3v) is 5.57. The first-order valence-electron chi connectivity index (χ1n) is 4.72. The van der Waals surface area contributed by atoms with Gasteiger partial charge in [-0.1, -0.05) is 13.8 Å². The molecule has 0 amide bonds. The zero-order valence-electron chi connectivity index (χ0n) is 7.55. The lowest BCUT2D eigenvalue weighted by molar-refractivity contribution is -0.336. The number of rotatable bonds is 1. The number of hydrogen-bond acceptors (Lipinski definition) is 1. The number of carboxylic acid groups (broad SMARTS) is 1. The van der Waals surface area contributed by atoms with Gasteiger partial charge in [0.1, 0.15) is 0 Å². The molecule has 0 aromatic carbocycles. The highest BCUT2D eigenvalue weighted by Gasteiger charge is 2.91.